The van der Waals surface area contributed by atoms with Crippen molar-refractivity contribution in [3.8, 4) is 0 Å². The molecule has 70 valence electrons. The third-order valence-electron chi connectivity index (χ3n) is 1.56. The van der Waals surface area contributed by atoms with Crippen LogP contribution in [0.25, 0.3) is 0 Å². The molecule has 0 heterocycles. The van der Waals surface area contributed by atoms with Crippen LogP contribution in [0, 0.1) is 0 Å². The maximum atomic E-state index is 10.5. The molecular formula is C9H16O3. The number of aliphatic hydroxyl groups excluding tert-OH is 1. The van der Waals surface area contributed by atoms with Crippen LogP contribution in [-0.2, 0) is 9.53 Å². The van der Waals surface area contributed by atoms with E-state index in [0.717, 1.165) is 12.5 Å². The Balaban J connectivity index is 3.21. The van der Waals surface area contributed by atoms with Gasteiger partial charge in [-0.3, -0.25) is 0 Å². The molecule has 3 heteroatoms. The van der Waals surface area contributed by atoms with Crippen molar-refractivity contribution in [1.29, 1.82) is 0 Å². The van der Waals surface area contributed by atoms with Crippen LogP contribution in [0.1, 0.15) is 26.2 Å². The van der Waals surface area contributed by atoms with Crippen molar-refractivity contribution in [2.45, 2.75) is 32.3 Å². The topological polar surface area (TPSA) is 46.5 Å². The molecule has 1 atom stereocenters. The van der Waals surface area contributed by atoms with Crippen LogP contribution in [0.2, 0.25) is 0 Å². The zero-order valence-electron chi connectivity index (χ0n) is 7.45. The van der Waals surface area contributed by atoms with E-state index >= 15 is 0 Å². The van der Waals surface area contributed by atoms with Crippen molar-refractivity contribution >= 4 is 5.97 Å². The number of rotatable bonds is 6. The molecule has 0 aliphatic heterocycles. The van der Waals surface area contributed by atoms with E-state index in [2.05, 4.69) is 6.58 Å². The molecule has 1 N–H and O–H groups in total. The van der Waals surface area contributed by atoms with Gasteiger partial charge in [0.15, 0.2) is 0 Å². The third-order valence-corrected chi connectivity index (χ3v) is 1.56. The van der Waals surface area contributed by atoms with Gasteiger partial charge in [-0.15, -0.1) is 0 Å². The average molecular weight is 172 g/mol. The number of hydrogen-bond donors (Lipinski definition) is 1. The van der Waals surface area contributed by atoms with Gasteiger partial charge in [0.25, 0.3) is 0 Å². The summed E-state index contributed by atoms with van der Waals surface area (Å²) in [5, 5.41) is 9.12. The van der Waals surface area contributed by atoms with Crippen molar-refractivity contribution in [2.24, 2.45) is 0 Å². The van der Waals surface area contributed by atoms with E-state index in [9.17, 15) is 4.79 Å². The smallest absolute Gasteiger partial charge is 0.330 e. The molecule has 0 aromatic heterocycles. The van der Waals surface area contributed by atoms with Gasteiger partial charge in [0, 0.05) is 6.08 Å². The molecule has 0 aromatic rings. The Kier molecular flexibility index (Phi) is 6.38. The highest BCUT2D eigenvalue weighted by molar-refractivity contribution is 5.81. The summed E-state index contributed by atoms with van der Waals surface area (Å²) in [5.41, 5.74) is 0. The van der Waals surface area contributed by atoms with Gasteiger partial charge in [-0.25, -0.2) is 4.79 Å². The molecule has 0 saturated carbocycles. The van der Waals surface area contributed by atoms with E-state index in [4.69, 9.17) is 9.84 Å². The Morgan fingerprint density at radius 2 is 2.42 bits per heavy atom. The van der Waals surface area contributed by atoms with E-state index in [1.807, 2.05) is 6.92 Å². The third kappa shape index (κ3) is 5.92. The summed E-state index contributed by atoms with van der Waals surface area (Å²) in [6, 6.07) is 0. The first kappa shape index (κ1) is 11.2. The predicted octanol–water partition coefficient (Wildman–Crippen LogP) is 1.27. The number of esters is 1. The van der Waals surface area contributed by atoms with Crippen molar-refractivity contribution < 1.29 is 14.6 Å². The van der Waals surface area contributed by atoms with Crippen molar-refractivity contribution in [1.82, 2.24) is 0 Å². The van der Waals surface area contributed by atoms with Crippen LogP contribution < -0.4 is 0 Å². The van der Waals surface area contributed by atoms with Gasteiger partial charge in [0.2, 0.25) is 0 Å². The van der Waals surface area contributed by atoms with Gasteiger partial charge >= 0.3 is 5.97 Å². The highest BCUT2D eigenvalue weighted by atomic mass is 16.5. The number of hydrogen-bond acceptors (Lipinski definition) is 3. The Morgan fingerprint density at radius 3 is 2.92 bits per heavy atom. The summed E-state index contributed by atoms with van der Waals surface area (Å²) in [7, 11) is 0. The Bertz CT molecular complexity index is 143. The molecule has 0 aliphatic rings. The van der Waals surface area contributed by atoms with Crippen LogP contribution in [0.3, 0.4) is 0 Å². The molecule has 12 heavy (non-hydrogen) atoms. The lowest BCUT2D eigenvalue weighted by Gasteiger charge is -2.06. The molecule has 0 fully saturated rings. The summed E-state index contributed by atoms with van der Waals surface area (Å²) < 4.78 is 4.72. The molecule has 0 aliphatic carbocycles. The minimum atomic E-state index is -0.402. The fraction of sp³-hybridized carbons (Fsp3) is 0.667. The summed E-state index contributed by atoms with van der Waals surface area (Å²) in [4.78, 5) is 10.5. The Hall–Kier alpha value is -0.830. The fourth-order valence-corrected chi connectivity index (χ4v) is 0.755. The SMILES string of the molecule is C=CC(=O)OCCC[C@@H](O)CC. The van der Waals surface area contributed by atoms with Crippen LogP contribution in [0.15, 0.2) is 12.7 Å². The molecule has 0 radical (unpaired) electrons. The summed E-state index contributed by atoms with van der Waals surface area (Å²) in [6.07, 6.45) is 2.99. The molecule has 0 saturated heterocycles. The fourth-order valence-electron chi connectivity index (χ4n) is 0.755. The van der Waals surface area contributed by atoms with E-state index in [-0.39, 0.29) is 6.10 Å². The van der Waals surface area contributed by atoms with Gasteiger partial charge in [0.05, 0.1) is 12.7 Å². The second-order valence-electron chi connectivity index (χ2n) is 2.58. The quantitative estimate of drug-likeness (QED) is 0.373. The lowest BCUT2D eigenvalue weighted by molar-refractivity contribution is -0.138. The minimum absolute atomic E-state index is 0.271. The molecule has 0 rings (SSSR count). The molecule has 0 bridgehead atoms. The van der Waals surface area contributed by atoms with Gasteiger partial charge in [-0.05, 0) is 19.3 Å². The van der Waals surface area contributed by atoms with Crippen molar-refractivity contribution in [3.63, 3.8) is 0 Å². The minimum Gasteiger partial charge on any atom is -0.463 e. The standard InChI is InChI=1S/C9H16O3/c1-3-8(10)6-5-7-12-9(11)4-2/h4,8,10H,2-3,5-7H2,1H3/t8-/m0/s1. The van der Waals surface area contributed by atoms with Crippen molar-refractivity contribution in [3.05, 3.63) is 12.7 Å². The molecular weight excluding hydrogens is 156 g/mol. The van der Waals surface area contributed by atoms with Crippen LogP contribution >= 0.6 is 0 Å². The average Bonchev–Trinajstić information content (AvgIpc) is 2.11. The second kappa shape index (κ2) is 6.85. The Labute approximate surface area is 73.0 Å². The highest BCUT2D eigenvalue weighted by Gasteiger charge is 2.00. The normalized spacial score (nSPS) is 12.2. The first-order valence-corrected chi connectivity index (χ1v) is 4.18. The van der Waals surface area contributed by atoms with Gasteiger partial charge < -0.3 is 9.84 Å². The monoisotopic (exact) mass is 172 g/mol. The number of aliphatic hydroxyl groups is 1. The summed E-state index contributed by atoms with van der Waals surface area (Å²) >= 11 is 0. The predicted molar refractivity (Wildman–Crippen MR) is 46.7 cm³/mol. The first-order chi connectivity index (χ1) is 5.70. The number of carbonyl (C=O) groups excluding carboxylic acids is 1. The van der Waals surface area contributed by atoms with Gasteiger partial charge in [0.1, 0.15) is 0 Å². The van der Waals surface area contributed by atoms with E-state index in [1.165, 1.54) is 0 Å². The lowest BCUT2D eigenvalue weighted by Crippen LogP contribution is -2.08. The van der Waals surface area contributed by atoms with E-state index in [1.54, 1.807) is 0 Å². The number of carbonyl (C=O) groups is 1. The number of ether oxygens (including phenoxy) is 1. The molecule has 0 aromatic carbocycles. The second-order valence-corrected chi connectivity index (χ2v) is 2.58. The van der Waals surface area contributed by atoms with Crippen molar-refractivity contribution in [2.75, 3.05) is 6.61 Å². The van der Waals surface area contributed by atoms with Gasteiger partial charge in [-0.1, -0.05) is 13.5 Å². The maximum Gasteiger partial charge on any atom is 0.330 e. The first-order valence-electron chi connectivity index (χ1n) is 4.18. The summed E-state index contributed by atoms with van der Waals surface area (Å²) in [6.45, 7) is 5.55. The molecule has 3 nitrogen and oxygen atoms in total. The van der Waals surface area contributed by atoms with Gasteiger partial charge in [-0.2, -0.15) is 0 Å². The Morgan fingerprint density at radius 1 is 1.75 bits per heavy atom. The van der Waals surface area contributed by atoms with E-state index in [0.29, 0.717) is 19.4 Å². The molecule has 0 unspecified atom stereocenters. The highest BCUT2D eigenvalue weighted by Crippen LogP contribution is 2.00. The molecule has 0 spiro atoms. The lowest BCUT2D eigenvalue weighted by atomic mass is 10.1. The van der Waals surface area contributed by atoms with Crippen LogP contribution in [0.5, 0.6) is 0 Å². The molecule has 0 amide bonds. The van der Waals surface area contributed by atoms with Crippen LogP contribution in [-0.4, -0.2) is 23.8 Å². The zero-order chi connectivity index (χ0) is 9.40. The maximum absolute atomic E-state index is 10.5. The van der Waals surface area contributed by atoms with Crippen LogP contribution in [0.4, 0.5) is 0 Å². The van der Waals surface area contributed by atoms with E-state index < -0.39 is 5.97 Å². The zero-order valence-corrected chi connectivity index (χ0v) is 7.45. The largest absolute Gasteiger partial charge is 0.463 e. The summed E-state index contributed by atoms with van der Waals surface area (Å²) in [5.74, 6) is -0.402.